The lowest BCUT2D eigenvalue weighted by molar-refractivity contribution is 0.0713. The van der Waals surface area contributed by atoms with Crippen molar-refractivity contribution in [1.82, 2.24) is 9.88 Å². The van der Waals surface area contributed by atoms with E-state index in [0.29, 0.717) is 5.92 Å². The van der Waals surface area contributed by atoms with Gasteiger partial charge in [-0.15, -0.1) is 0 Å². The number of carbonyl (C=O) groups excluding carboxylic acids is 1. The summed E-state index contributed by atoms with van der Waals surface area (Å²) >= 11 is 2.25. The van der Waals surface area contributed by atoms with Gasteiger partial charge in [-0.05, 0) is 83.3 Å². The molecule has 2 aromatic carbocycles. The summed E-state index contributed by atoms with van der Waals surface area (Å²) in [5.74, 6) is 1.49. The molecule has 2 heterocycles. The van der Waals surface area contributed by atoms with Gasteiger partial charge in [0.15, 0.2) is 0 Å². The number of hydrogen-bond acceptors (Lipinski definition) is 2. The van der Waals surface area contributed by atoms with E-state index in [2.05, 4.69) is 45.9 Å². The zero-order valence-electron chi connectivity index (χ0n) is 14.7. The minimum atomic E-state index is 0.141. The molecule has 0 bridgehead atoms. The van der Waals surface area contributed by atoms with Gasteiger partial charge in [-0.3, -0.25) is 4.79 Å². The van der Waals surface area contributed by atoms with E-state index in [1.165, 1.54) is 10.9 Å². The highest BCUT2D eigenvalue weighted by molar-refractivity contribution is 14.1. The first-order valence-corrected chi connectivity index (χ1v) is 9.93. The van der Waals surface area contributed by atoms with Crippen molar-refractivity contribution in [3.8, 4) is 5.75 Å². The Hall–Kier alpha value is -2.02. The lowest BCUT2D eigenvalue weighted by Crippen LogP contribution is -2.37. The first-order chi connectivity index (χ1) is 12.7. The molecule has 1 aliphatic heterocycles. The summed E-state index contributed by atoms with van der Waals surface area (Å²) in [6.07, 6.45) is 4.09. The van der Waals surface area contributed by atoms with Gasteiger partial charge in [0.05, 0.1) is 7.11 Å². The van der Waals surface area contributed by atoms with E-state index < -0.39 is 0 Å². The number of H-pyrrole nitrogens is 1. The van der Waals surface area contributed by atoms with Gasteiger partial charge < -0.3 is 14.6 Å². The molecule has 0 unspecified atom stereocenters. The normalized spacial score (nSPS) is 15.4. The van der Waals surface area contributed by atoms with Gasteiger partial charge in [0, 0.05) is 39.3 Å². The largest absolute Gasteiger partial charge is 0.497 e. The molecular formula is C21H21IN2O2. The van der Waals surface area contributed by atoms with Crippen molar-refractivity contribution in [2.24, 2.45) is 0 Å². The van der Waals surface area contributed by atoms with E-state index in [0.717, 1.165) is 46.3 Å². The van der Waals surface area contributed by atoms with Crippen LogP contribution >= 0.6 is 22.6 Å². The topological polar surface area (TPSA) is 45.3 Å². The smallest absolute Gasteiger partial charge is 0.253 e. The van der Waals surface area contributed by atoms with Crippen LogP contribution in [0.1, 0.15) is 34.7 Å². The number of hydrogen-bond donors (Lipinski definition) is 1. The van der Waals surface area contributed by atoms with Crippen molar-refractivity contribution in [1.29, 1.82) is 0 Å². The van der Waals surface area contributed by atoms with Crippen LogP contribution in [0.15, 0.2) is 48.7 Å². The third kappa shape index (κ3) is 3.32. The lowest BCUT2D eigenvalue weighted by atomic mass is 9.89. The maximum atomic E-state index is 12.7. The van der Waals surface area contributed by atoms with Crippen molar-refractivity contribution in [2.75, 3.05) is 20.2 Å². The molecule has 3 aromatic rings. The van der Waals surface area contributed by atoms with E-state index in [1.807, 2.05) is 35.2 Å². The minimum absolute atomic E-state index is 0.141. The van der Waals surface area contributed by atoms with Crippen molar-refractivity contribution >= 4 is 39.4 Å². The predicted octanol–water partition coefficient (Wildman–Crippen LogP) is 4.80. The number of benzene rings is 2. The molecule has 4 rings (SSSR count). The van der Waals surface area contributed by atoms with Crippen LogP contribution < -0.4 is 4.74 Å². The van der Waals surface area contributed by atoms with Crippen molar-refractivity contribution < 1.29 is 9.53 Å². The van der Waals surface area contributed by atoms with Crippen molar-refractivity contribution in [2.45, 2.75) is 18.8 Å². The Bertz CT molecular complexity index is 942. The minimum Gasteiger partial charge on any atom is -0.497 e. The van der Waals surface area contributed by atoms with Gasteiger partial charge in [0.2, 0.25) is 0 Å². The first-order valence-electron chi connectivity index (χ1n) is 8.85. The molecule has 0 aliphatic carbocycles. The van der Waals surface area contributed by atoms with Crippen LogP contribution in [-0.2, 0) is 0 Å². The summed E-state index contributed by atoms with van der Waals surface area (Å²) in [5.41, 5.74) is 3.26. The first kappa shape index (κ1) is 17.4. The number of amides is 1. The van der Waals surface area contributed by atoms with Gasteiger partial charge >= 0.3 is 0 Å². The van der Waals surface area contributed by atoms with Gasteiger partial charge in [0.25, 0.3) is 5.91 Å². The molecule has 4 nitrogen and oxygen atoms in total. The summed E-state index contributed by atoms with van der Waals surface area (Å²) in [4.78, 5) is 18.1. The molecule has 1 aromatic heterocycles. The molecule has 1 N–H and O–H groups in total. The van der Waals surface area contributed by atoms with E-state index in [-0.39, 0.29) is 5.91 Å². The van der Waals surface area contributed by atoms with Crippen LogP contribution in [-0.4, -0.2) is 36.0 Å². The molecule has 0 saturated carbocycles. The van der Waals surface area contributed by atoms with Crippen LogP contribution in [0.25, 0.3) is 10.9 Å². The number of fused-ring (bicyclic) bond motifs is 1. The average Bonchev–Trinajstić information content (AvgIpc) is 3.10. The second-order valence-electron chi connectivity index (χ2n) is 6.73. The molecule has 26 heavy (non-hydrogen) atoms. The number of rotatable bonds is 3. The second kappa shape index (κ2) is 7.31. The van der Waals surface area contributed by atoms with Crippen molar-refractivity contribution in [3.63, 3.8) is 0 Å². The lowest BCUT2D eigenvalue weighted by Gasteiger charge is -2.32. The molecule has 1 saturated heterocycles. The standard InChI is InChI=1S/C21H21IN2O2/c1-26-17-5-6-20-18(12-17)19(13-23-20)14-7-9-24(10-8-14)21(25)15-3-2-4-16(22)11-15/h2-6,11-14,23H,7-10H2,1H3. The average molecular weight is 460 g/mol. The number of ether oxygens (including phenoxy) is 1. The van der Waals surface area contributed by atoms with Crippen LogP contribution in [0, 0.1) is 3.57 Å². The Morgan fingerprint density at radius 3 is 2.73 bits per heavy atom. The Kier molecular flexibility index (Phi) is 4.89. The zero-order valence-corrected chi connectivity index (χ0v) is 16.8. The molecule has 1 fully saturated rings. The Morgan fingerprint density at radius 2 is 2.00 bits per heavy atom. The number of nitrogens with one attached hydrogen (secondary N) is 1. The Balaban J connectivity index is 1.49. The number of aromatic nitrogens is 1. The number of halogens is 1. The maximum Gasteiger partial charge on any atom is 0.253 e. The number of methoxy groups -OCH3 is 1. The number of piperidine rings is 1. The summed E-state index contributed by atoms with van der Waals surface area (Å²) in [6, 6.07) is 14.0. The third-order valence-electron chi connectivity index (χ3n) is 5.21. The summed E-state index contributed by atoms with van der Waals surface area (Å²) < 4.78 is 6.47. The molecule has 1 amide bonds. The van der Waals surface area contributed by atoms with Gasteiger partial charge in [-0.25, -0.2) is 0 Å². The fraction of sp³-hybridized carbons (Fsp3) is 0.286. The predicted molar refractivity (Wildman–Crippen MR) is 112 cm³/mol. The SMILES string of the molecule is COc1ccc2[nH]cc(C3CCN(C(=O)c4cccc(I)c4)CC3)c2c1. The molecule has 5 heteroatoms. The highest BCUT2D eigenvalue weighted by Gasteiger charge is 2.26. The van der Waals surface area contributed by atoms with Crippen molar-refractivity contribution in [3.05, 3.63) is 63.4 Å². The summed E-state index contributed by atoms with van der Waals surface area (Å²) in [7, 11) is 1.70. The summed E-state index contributed by atoms with van der Waals surface area (Å²) in [5, 5.41) is 1.23. The van der Waals surface area contributed by atoms with E-state index in [1.54, 1.807) is 7.11 Å². The molecule has 0 radical (unpaired) electrons. The summed E-state index contributed by atoms with van der Waals surface area (Å²) in [6.45, 7) is 1.59. The van der Waals surface area contributed by atoms with Crippen LogP contribution in [0.2, 0.25) is 0 Å². The molecular weight excluding hydrogens is 439 g/mol. The second-order valence-corrected chi connectivity index (χ2v) is 7.98. The highest BCUT2D eigenvalue weighted by atomic mass is 127. The molecule has 0 spiro atoms. The van der Waals surface area contributed by atoms with Gasteiger partial charge in [-0.1, -0.05) is 6.07 Å². The fourth-order valence-electron chi connectivity index (χ4n) is 3.78. The Labute approximate surface area is 166 Å². The quantitative estimate of drug-likeness (QED) is 0.571. The maximum absolute atomic E-state index is 12.7. The van der Waals surface area contributed by atoms with E-state index >= 15 is 0 Å². The molecule has 0 atom stereocenters. The number of likely N-dealkylation sites (tertiary alicyclic amines) is 1. The number of nitrogens with zero attached hydrogens (tertiary/aromatic N) is 1. The molecule has 134 valence electrons. The Morgan fingerprint density at radius 1 is 1.19 bits per heavy atom. The van der Waals surface area contributed by atoms with Crippen LogP contribution in [0.3, 0.4) is 0 Å². The van der Waals surface area contributed by atoms with Gasteiger partial charge in [0.1, 0.15) is 5.75 Å². The van der Waals surface area contributed by atoms with Crippen LogP contribution in [0.5, 0.6) is 5.75 Å². The zero-order chi connectivity index (χ0) is 18.1. The third-order valence-corrected chi connectivity index (χ3v) is 5.89. The molecule has 1 aliphatic rings. The fourth-order valence-corrected chi connectivity index (χ4v) is 4.33. The highest BCUT2D eigenvalue weighted by Crippen LogP contribution is 2.35. The van der Waals surface area contributed by atoms with E-state index in [9.17, 15) is 4.79 Å². The van der Waals surface area contributed by atoms with Crippen LogP contribution in [0.4, 0.5) is 0 Å². The van der Waals surface area contributed by atoms with E-state index in [4.69, 9.17) is 4.74 Å². The number of aromatic amines is 1. The van der Waals surface area contributed by atoms with Gasteiger partial charge in [-0.2, -0.15) is 0 Å². The number of carbonyl (C=O) groups is 1. The monoisotopic (exact) mass is 460 g/mol.